The molecule has 0 spiro atoms. The van der Waals surface area contributed by atoms with Crippen molar-refractivity contribution in [1.29, 1.82) is 0 Å². The van der Waals surface area contributed by atoms with Gasteiger partial charge in [-0.05, 0) is 30.7 Å². The zero-order chi connectivity index (χ0) is 16.1. The fourth-order valence-corrected chi connectivity index (χ4v) is 2.93. The number of ether oxygens (including phenoxy) is 1. The van der Waals surface area contributed by atoms with E-state index >= 15 is 0 Å². The van der Waals surface area contributed by atoms with Gasteiger partial charge in [-0.3, -0.25) is 9.59 Å². The highest BCUT2D eigenvalue weighted by atomic mass is 32.2. The highest BCUT2D eigenvalue weighted by Crippen LogP contribution is 2.30. The van der Waals surface area contributed by atoms with Crippen molar-refractivity contribution in [3.63, 3.8) is 0 Å². The summed E-state index contributed by atoms with van der Waals surface area (Å²) in [5.74, 6) is -1.60. The van der Waals surface area contributed by atoms with Crippen molar-refractivity contribution in [2.75, 3.05) is 17.3 Å². The summed E-state index contributed by atoms with van der Waals surface area (Å²) in [4.78, 5) is 35.8. The summed E-state index contributed by atoms with van der Waals surface area (Å²) in [7, 11) is 0. The van der Waals surface area contributed by atoms with Gasteiger partial charge in [0.2, 0.25) is 11.8 Å². The van der Waals surface area contributed by atoms with E-state index in [2.05, 4.69) is 0 Å². The second-order valence-corrected chi connectivity index (χ2v) is 5.98. The van der Waals surface area contributed by atoms with Crippen LogP contribution in [-0.4, -0.2) is 35.4 Å². The third kappa shape index (κ3) is 3.79. The monoisotopic (exact) mass is 322 g/mol. The number of carbonyl (C=O) groups is 3. The van der Waals surface area contributed by atoms with Gasteiger partial charge in [0.15, 0.2) is 0 Å². The van der Waals surface area contributed by atoms with Crippen molar-refractivity contribution in [1.82, 2.24) is 0 Å². The first kappa shape index (κ1) is 16.4. The van der Waals surface area contributed by atoms with Crippen LogP contribution in [-0.2, 0) is 14.4 Å². The predicted molar refractivity (Wildman–Crippen MR) is 80.6 cm³/mol. The Morgan fingerprint density at radius 1 is 1.36 bits per heavy atom. The first-order valence-electron chi connectivity index (χ1n) is 6.94. The maximum absolute atomic E-state index is 12.2. The molecule has 0 radical (unpaired) electrons. The molecule has 0 unspecified atom stereocenters. The summed E-state index contributed by atoms with van der Waals surface area (Å²) in [5, 5.41) is 9.80. The molecule has 1 fully saturated rings. The number of anilines is 1. The van der Waals surface area contributed by atoms with Gasteiger partial charge >= 0.3 is 0 Å². The van der Waals surface area contributed by atoms with Crippen molar-refractivity contribution in [2.24, 2.45) is 0 Å². The number of thioether (sulfide) groups is 1. The second-order valence-electron chi connectivity index (χ2n) is 4.79. The number of aliphatic carboxylic acids is 1. The first-order chi connectivity index (χ1) is 10.5. The van der Waals surface area contributed by atoms with Gasteiger partial charge in [0, 0.05) is 12.2 Å². The Morgan fingerprint density at radius 2 is 2.05 bits per heavy atom. The lowest BCUT2D eigenvalue weighted by atomic mass is 10.3. The summed E-state index contributed by atoms with van der Waals surface area (Å²) in [6.45, 7) is 2.60. The van der Waals surface area contributed by atoms with Crippen molar-refractivity contribution < 1.29 is 24.2 Å². The molecule has 7 heteroatoms. The van der Waals surface area contributed by atoms with E-state index in [1.807, 2.05) is 6.92 Å². The lowest BCUT2D eigenvalue weighted by Gasteiger charge is -2.15. The highest BCUT2D eigenvalue weighted by Gasteiger charge is 2.39. The van der Waals surface area contributed by atoms with E-state index < -0.39 is 17.1 Å². The Balaban J connectivity index is 2.06. The topological polar surface area (TPSA) is 86.7 Å². The molecule has 22 heavy (non-hydrogen) atoms. The molecule has 0 bridgehead atoms. The van der Waals surface area contributed by atoms with Gasteiger partial charge in [-0.15, -0.1) is 11.8 Å². The van der Waals surface area contributed by atoms with Crippen molar-refractivity contribution in [2.45, 2.75) is 25.0 Å². The van der Waals surface area contributed by atoms with Crippen molar-refractivity contribution >= 4 is 35.2 Å². The lowest BCUT2D eigenvalue weighted by Crippen LogP contribution is -2.32. The number of nitrogens with zero attached hydrogens (tertiary/aromatic N) is 1. The molecule has 1 aromatic carbocycles. The molecule has 2 amide bonds. The maximum atomic E-state index is 12.2. The molecule has 1 aromatic rings. The highest BCUT2D eigenvalue weighted by molar-refractivity contribution is 8.01. The fraction of sp³-hybridized carbons (Fsp3) is 0.400. The van der Waals surface area contributed by atoms with Gasteiger partial charge < -0.3 is 14.6 Å². The summed E-state index contributed by atoms with van der Waals surface area (Å²) in [6.07, 6.45) is 0.896. The molecular weight excluding hydrogens is 306 g/mol. The van der Waals surface area contributed by atoms with Gasteiger partial charge in [0.05, 0.1) is 23.5 Å². The molecule has 1 aliphatic rings. The molecule has 0 aromatic heterocycles. The zero-order valence-corrected chi connectivity index (χ0v) is 12.9. The van der Waals surface area contributed by atoms with Gasteiger partial charge in [-0.25, -0.2) is 4.90 Å². The number of hydrogen-bond acceptors (Lipinski definition) is 6. The van der Waals surface area contributed by atoms with Crippen LogP contribution in [0.25, 0.3) is 0 Å². The molecule has 6 nitrogen and oxygen atoms in total. The van der Waals surface area contributed by atoms with Gasteiger partial charge in [-0.1, -0.05) is 6.92 Å². The van der Waals surface area contributed by atoms with E-state index in [4.69, 9.17) is 4.74 Å². The van der Waals surface area contributed by atoms with Crippen LogP contribution in [0.15, 0.2) is 24.3 Å². The minimum absolute atomic E-state index is 0.00483. The van der Waals surface area contributed by atoms with Gasteiger partial charge in [-0.2, -0.15) is 0 Å². The van der Waals surface area contributed by atoms with E-state index in [1.165, 1.54) is 0 Å². The third-order valence-electron chi connectivity index (χ3n) is 3.08. The average Bonchev–Trinajstić information content (AvgIpc) is 2.78. The number of amides is 2. The van der Waals surface area contributed by atoms with Gasteiger partial charge in [0.1, 0.15) is 5.75 Å². The fourth-order valence-electron chi connectivity index (χ4n) is 2.09. The number of carboxylic acids is 1. The lowest BCUT2D eigenvalue weighted by molar-refractivity contribution is -0.301. The quantitative estimate of drug-likeness (QED) is 0.683. The van der Waals surface area contributed by atoms with Gasteiger partial charge in [0.25, 0.3) is 0 Å². The molecule has 1 heterocycles. The summed E-state index contributed by atoms with van der Waals surface area (Å²) in [5.41, 5.74) is 0.468. The predicted octanol–water partition coefficient (Wildman–Crippen LogP) is 0.590. The van der Waals surface area contributed by atoms with Crippen LogP contribution < -0.4 is 14.7 Å². The Kier molecular flexibility index (Phi) is 5.43. The summed E-state index contributed by atoms with van der Waals surface area (Å²) >= 11 is 0.918. The number of rotatable bonds is 7. The molecule has 0 N–H and O–H groups in total. The summed E-state index contributed by atoms with van der Waals surface area (Å²) < 4.78 is 5.45. The molecule has 1 aliphatic heterocycles. The Labute approximate surface area is 132 Å². The zero-order valence-electron chi connectivity index (χ0n) is 12.1. The number of benzene rings is 1. The Hall–Kier alpha value is -2.02. The average molecular weight is 322 g/mol. The first-order valence-corrected chi connectivity index (χ1v) is 7.99. The second kappa shape index (κ2) is 7.31. The number of carbonyl (C=O) groups excluding carboxylic acids is 3. The third-order valence-corrected chi connectivity index (χ3v) is 4.25. The standard InChI is InChI=1S/C15H17NO5S/c1-2-7-21-11-5-3-10(4-6-11)16-13(17)8-12(15(16)20)22-9-14(18)19/h3-6,12H,2,7-9H2,1H3,(H,18,19)/p-1/t12-/m1/s1. The van der Waals surface area contributed by atoms with Crippen molar-refractivity contribution in [3.8, 4) is 5.75 Å². The van der Waals surface area contributed by atoms with Crippen molar-refractivity contribution in [3.05, 3.63) is 24.3 Å². The summed E-state index contributed by atoms with van der Waals surface area (Å²) in [6, 6.07) is 6.69. The van der Waals surface area contributed by atoms with Crippen LogP contribution in [0, 0.1) is 0 Å². The SMILES string of the molecule is CCCOc1ccc(N2C(=O)C[C@@H](SCC(=O)[O-])C2=O)cc1. The number of carboxylic acid groups (broad SMARTS) is 1. The largest absolute Gasteiger partial charge is 0.549 e. The molecular formula is C15H16NO5S-. The molecule has 1 atom stereocenters. The van der Waals surface area contributed by atoms with Crippen LogP contribution >= 0.6 is 11.8 Å². The molecule has 0 saturated carbocycles. The van der Waals surface area contributed by atoms with Crippen LogP contribution in [0.4, 0.5) is 5.69 Å². The van der Waals surface area contributed by atoms with Crippen LogP contribution in [0.2, 0.25) is 0 Å². The van der Waals surface area contributed by atoms with E-state index in [0.29, 0.717) is 18.0 Å². The smallest absolute Gasteiger partial charge is 0.247 e. The molecule has 0 aliphatic carbocycles. The normalized spacial score (nSPS) is 17.9. The van der Waals surface area contributed by atoms with E-state index in [0.717, 1.165) is 23.1 Å². The molecule has 118 valence electrons. The minimum Gasteiger partial charge on any atom is -0.549 e. The Morgan fingerprint density at radius 3 is 2.64 bits per heavy atom. The van der Waals surface area contributed by atoms with E-state index in [9.17, 15) is 19.5 Å². The minimum atomic E-state index is -1.25. The Bertz CT molecular complexity index is 572. The van der Waals surface area contributed by atoms with Crippen LogP contribution in [0.3, 0.4) is 0 Å². The van der Waals surface area contributed by atoms with E-state index in [-0.39, 0.29) is 18.1 Å². The number of imide groups is 1. The van der Waals surface area contributed by atoms with E-state index in [1.54, 1.807) is 24.3 Å². The van der Waals surface area contributed by atoms with Crippen LogP contribution in [0.5, 0.6) is 5.75 Å². The van der Waals surface area contributed by atoms with Crippen LogP contribution in [0.1, 0.15) is 19.8 Å². The maximum Gasteiger partial charge on any atom is 0.247 e. The molecule has 1 saturated heterocycles. The molecule has 2 rings (SSSR count). The number of hydrogen-bond donors (Lipinski definition) is 0.